The lowest BCUT2D eigenvalue weighted by molar-refractivity contribution is -0.196. The van der Waals surface area contributed by atoms with Crippen molar-refractivity contribution >= 4 is 87.2 Å². The van der Waals surface area contributed by atoms with E-state index in [1.54, 1.807) is 38.1 Å². The van der Waals surface area contributed by atoms with Gasteiger partial charge >= 0.3 is 24.2 Å². The summed E-state index contributed by atoms with van der Waals surface area (Å²) >= 11 is 0. The fourth-order valence-corrected chi connectivity index (χ4v) is 10.2. The average Bonchev–Trinajstić information content (AvgIpc) is 1.90. The molecule has 1 fully saturated rings. The molecule has 1 saturated carbocycles. The number of nitrogens with zero attached hydrogens (tertiary/aromatic N) is 4. The molecule has 32 heteroatoms. The monoisotopic (exact) mass is 1260 g/mol. The van der Waals surface area contributed by atoms with Gasteiger partial charge in [-0.2, -0.15) is 0 Å². The summed E-state index contributed by atoms with van der Waals surface area (Å²) in [7, 11) is -3.00. The summed E-state index contributed by atoms with van der Waals surface area (Å²) in [6.07, 6.45) is 6.04. The number of imide groups is 1. The van der Waals surface area contributed by atoms with Gasteiger partial charge in [0, 0.05) is 68.5 Å². The number of carbonyl (C=O) groups is 9. The van der Waals surface area contributed by atoms with Crippen LogP contribution in [0.3, 0.4) is 0 Å². The van der Waals surface area contributed by atoms with Crippen LogP contribution in [0, 0.1) is 11.8 Å². The first-order chi connectivity index (χ1) is 42.9. The van der Waals surface area contributed by atoms with Crippen molar-refractivity contribution in [3.63, 3.8) is 0 Å². The molecule has 0 radical (unpaired) electrons. The minimum absolute atomic E-state index is 0.0306. The molecule has 10 N–H and O–H groups in total. The summed E-state index contributed by atoms with van der Waals surface area (Å²) in [5, 5.41) is 20.5. The van der Waals surface area contributed by atoms with Crippen molar-refractivity contribution < 1.29 is 84.9 Å². The van der Waals surface area contributed by atoms with Crippen LogP contribution >= 0.6 is 0 Å². The van der Waals surface area contributed by atoms with Gasteiger partial charge in [-0.3, -0.25) is 28.8 Å². The van der Waals surface area contributed by atoms with Gasteiger partial charge in [-0.05, 0) is 72.9 Å². The Morgan fingerprint density at radius 3 is 2.20 bits per heavy atom. The molecule has 6 atom stereocenters. The van der Waals surface area contributed by atoms with E-state index in [-0.39, 0.29) is 116 Å². The van der Waals surface area contributed by atoms with Gasteiger partial charge in [-0.1, -0.05) is 60.2 Å². The average molecular weight is 1260 g/mol. The molecule has 0 spiro atoms. The minimum atomic E-state index is -3.00. The normalized spacial score (nSPS) is 17.5. The second-order valence-corrected chi connectivity index (χ2v) is 21.8. The van der Waals surface area contributed by atoms with Crippen molar-refractivity contribution in [2.75, 3.05) is 76.5 Å². The molecule has 31 nitrogen and oxygen atoms in total. The number of hydroxylamine groups is 2. The fraction of sp³-hybridized carbons (Fsp3) is 0.491. The number of aromatic nitrogens is 3. The summed E-state index contributed by atoms with van der Waals surface area (Å²) in [5.41, 5.74) is 9.41. The zero-order valence-electron chi connectivity index (χ0n) is 49.1. The Morgan fingerprint density at radius 1 is 0.775 bits per heavy atom. The smallest absolute Gasteiger partial charge is 0.407 e. The molecule has 89 heavy (non-hydrogen) atoms. The zero-order valence-corrected chi connectivity index (χ0v) is 50.0. The number of alkyl carbamates (subject to hydrolysis) is 2. The maximum Gasteiger partial charge on any atom is 0.407 e. The molecule has 0 bridgehead atoms. The maximum absolute atomic E-state index is 13.6. The number of carbonyl (C=O) groups excluding carboxylic acids is 9. The highest BCUT2D eigenvalue weighted by Crippen LogP contribution is 2.40. The number of hydrogen-bond acceptors (Lipinski definition) is 21. The van der Waals surface area contributed by atoms with Gasteiger partial charge in [0.2, 0.25) is 28.6 Å². The molecular weight excluding hydrogens is 1190 g/mol. The van der Waals surface area contributed by atoms with Crippen molar-refractivity contribution in [3.8, 4) is 0 Å². The van der Waals surface area contributed by atoms with E-state index < -0.39 is 88.7 Å². The van der Waals surface area contributed by atoms with E-state index >= 15 is 0 Å². The number of benzene rings is 2. The summed E-state index contributed by atoms with van der Waals surface area (Å²) < 4.78 is 52.0. The van der Waals surface area contributed by atoms with Crippen LogP contribution in [-0.2, 0) is 86.0 Å². The van der Waals surface area contributed by atoms with E-state index in [1.165, 1.54) is 17.5 Å². The molecule has 3 heterocycles. The largest absolute Gasteiger partial charge is 0.446 e. The van der Waals surface area contributed by atoms with E-state index in [0.29, 0.717) is 34.8 Å². The van der Waals surface area contributed by atoms with Crippen LogP contribution in [0.25, 0.3) is 11.0 Å². The van der Waals surface area contributed by atoms with Gasteiger partial charge in [-0.15, -0.1) is 0 Å². The SMILES string of the molecule is CC(C)C(NC(=O)CCOCCC(=O)ON1C(=O)C=CC1=O)C(=O)N[C@H](CCCNC(N)=O)C(=O)Nc1ccc(COC(=O)NCCOCCOCCNC(=O)O[C@H]2C[C@H](n3ccc4c(N[C@H]5CCc6ccccc65)ncnc43)C[C@H]2CON[SH](=O)=O)cc1. The van der Waals surface area contributed by atoms with Crippen molar-refractivity contribution in [1.82, 2.24) is 51.1 Å². The third-order valence-electron chi connectivity index (χ3n) is 14.4. The van der Waals surface area contributed by atoms with Gasteiger partial charge in [0.15, 0.2) is 0 Å². The van der Waals surface area contributed by atoms with E-state index in [0.717, 1.165) is 36.2 Å². The van der Waals surface area contributed by atoms with Crippen LogP contribution in [-0.4, -0.2) is 166 Å². The van der Waals surface area contributed by atoms with Crippen LogP contribution in [0.15, 0.2) is 79.3 Å². The Morgan fingerprint density at radius 2 is 1.48 bits per heavy atom. The van der Waals surface area contributed by atoms with E-state index in [2.05, 4.69) is 59.3 Å². The first kappa shape index (κ1) is 67.7. The quantitative estimate of drug-likeness (QED) is 0.0134. The second-order valence-electron chi connectivity index (χ2n) is 21.1. The number of ether oxygens (including phenoxy) is 5. The van der Waals surface area contributed by atoms with Crippen LogP contribution in [0.2, 0.25) is 0 Å². The predicted molar refractivity (Wildman–Crippen MR) is 316 cm³/mol. The van der Waals surface area contributed by atoms with E-state index in [1.807, 2.05) is 33.8 Å². The molecule has 1 aliphatic heterocycles. The van der Waals surface area contributed by atoms with Crippen molar-refractivity contribution in [3.05, 3.63) is 96.0 Å². The Kier molecular flexibility index (Phi) is 26.4. The molecule has 3 aliphatic rings. The Labute approximate surface area is 513 Å². The molecule has 4 aromatic rings. The van der Waals surface area contributed by atoms with Gasteiger partial charge in [0.05, 0.1) is 64.1 Å². The van der Waals surface area contributed by atoms with Crippen molar-refractivity contribution in [2.24, 2.45) is 17.6 Å². The van der Waals surface area contributed by atoms with Crippen LogP contribution in [0.4, 0.5) is 25.9 Å². The molecule has 0 saturated heterocycles. The number of primary amides is 1. The lowest BCUT2D eigenvalue weighted by Crippen LogP contribution is -2.54. The number of amides is 9. The Hall–Kier alpha value is -8.82. The zero-order chi connectivity index (χ0) is 63.7. The number of rotatable bonds is 36. The van der Waals surface area contributed by atoms with Crippen molar-refractivity contribution in [1.29, 1.82) is 0 Å². The van der Waals surface area contributed by atoms with Gasteiger partial charge in [0.1, 0.15) is 42.6 Å². The first-order valence-electron chi connectivity index (χ1n) is 29.0. The van der Waals surface area contributed by atoms with Gasteiger partial charge < -0.3 is 76.0 Å². The molecule has 1 unspecified atom stereocenters. The highest BCUT2D eigenvalue weighted by molar-refractivity contribution is 7.70. The number of nitrogens with two attached hydrogens (primary N) is 1. The molecule has 2 aromatic heterocycles. The third-order valence-corrected chi connectivity index (χ3v) is 14.7. The summed E-state index contributed by atoms with van der Waals surface area (Å²) in [6.45, 7) is 3.98. The number of thiol groups is 1. The second kappa shape index (κ2) is 34.7. The van der Waals surface area contributed by atoms with E-state index in [9.17, 15) is 51.6 Å². The standard InChI is InChI=1S/C57H75N13O18S/c1-35(2)50(67-46(71)18-24-82-25-19-49(74)88-70-47(72)15-16-48(70)73)54(76)66-44(8-5-20-59-55(58)77)53(75)64-39-12-9-36(10-13-39)32-85-56(78)60-21-26-83-28-29-84-27-22-61-57(79)87-45-31-40(30-38(45)33-86-68-89(80)81)69-23-17-42-51(62-34-63-52(42)69)65-43-14-11-37-6-3-4-7-41(37)43/h3-4,6-7,9-10,12-13,15-17,23,34-35,38,40,43-45,50,89H,5,8,11,14,18-22,24-33H2,1-2H3,(H,60,78)(H,61,79)(H,64,75)(H,66,76)(H,67,71)(H3,58,59,77)(H,62,63,65)(H,68,80,81)/t38-,40+,43-,44+,45-,50?/m0/s1. The third kappa shape index (κ3) is 21.5. The summed E-state index contributed by atoms with van der Waals surface area (Å²) in [5.74, 6) is -4.36. The topological polar surface area (TPSA) is 409 Å². The van der Waals surface area contributed by atoms with Gasteiger partial charge in [0.25, 0.3) is 11.8 Å². The number of anilines is 2. The minimum Gasteiger partial charge on any atom is -0.446 e. The summed E-state index contributed by atoms with van der Waals surface area (Å²) in [6, 6.07) is 13.7. The first-order valence-corrected chi connectivity index (χ1v) is 30.2. The fourth-order valence-electron chi connectivity index (χ4n) is 9.99. The Bertz CT molecular complexity index is 3190. The van der Waals surface area contributed by atoms with Crippen molar-refractivity contribution in [2.45, 2.75) is 102 Å². The van der Waals surface area contributed by atoms with Crippen LogP contribution in [0.1, 0.15) is 87.6 Å². The van der Waals surface area contributed by atoms with E-state index in [4.69, 9.17) is 39.1 Å². The van der Waals surface area contributed by atoms with Crippen LogP contribution in [0.5, 0.6) is 0 Å². The summed E-state index contributed by atoms with van der Waals surface area (Å²) in [4.78, 5) is 133. The predicted octanol–water partition coefficient (Wildman–Crippen LogP) is 1.78. The number of urea groups is 1. The molecular formula is C57H75N13O18S. The number of hydrogen-bond donors (Lipinski definition) is 10. The van der Waals surface area contributed by atoms with Gasteiger partial charge in [-0.25, -0.2) is 37.6 Å². The lowest BCUT2D eigenvalue weighted by atomic mass is 10.0. The Balaban J connectivity index is 0.750. The highest BCUT2D eigenvalue weighted by Gasteiger charge is 2.39. The molecule has 7 rings (SSSR count). The molecule has 2 aliphatic carbocycles. The van der Waals surface area contributed by atoms with Crippen LogP contribution < -0.4 is 47.8 Å². The molecule has 9 amide bonds. The number of aryl methyl sites for hydroxylation is 1. The number of nitrogens with one attached hydrogen (secondary N) is 8. The maximum atomic E-state index is 13.6. The number of fused-ring (bicyclic) bond motifs is 2. The highest BCUT2D eigenvalue weighted by atomic mass is 32.2. The molecule has 2 aromatic carbocycles. The molecule has 482 valence electrons. The lowest BCUT2D eigenvalue weighted by Gasteiger charge is -2.25.